The lowest BCUT2D eigenvalue weighted by Gasteiger charge is -2.00. The van der Waals surface area contributed by atoms with Crippen LogP contribution in [0.1, 0.15) is 20.8 Å². The van der Waals surface area contributed by atoms with Crippen LogP contribution >= 0.6 is 0 Å². The second-order valence-electron chi connectivity index (χ2n) is 1.69. The third kappa shape index (κ3) is 3.83. The SMILES string of the molecule is CC.CC1=CCNC=C1. The maximum atomic E-state index is 3.06. The van der Waals surface area contributed by atoms with E-state index in [9.17, 15) is 0 Å². The quantitative estimate of drug-likeness (QED) is 0.522. The molecule has 0 aliphatic carbocycles. The topological polar surface area (TPSA) is 12.0 Å². The molecule has 0 aromatic rings. The smallest absolute Gasteiger partial charge is 0.0330 e. The van der Waals surface area contributed by atoms with Gasteiger partial charge < -0.3 is 5.32 Å². The van der Waals surface area contributed by atoms with Crippen LogP contribution in [0, 0.1) is 0 Å². The van der Waals surface area contributed by atoms with Crippen molar-refractivity contribution in [2.75, 3.05) is 6.54 Å². The molecule has 0 aromatic carbocycles. The van der Waals surface area contributed by atoms with Crippen molar-refractivity contribution < 1.29 is 0 Å². The molecule has 52 valence electrons. The number of hydrogen-bond donors (Lipinski definition) is 1. The van der Waals surface area contributed by atoms with Crippen molar-refractivity contribution in [3.63, 3.8) is 0 Å². The van der Waals surface area contributed by atoms with Gasteiger partial charge in [-0.2, -0.15) is 0 Å². The van der Waals surface area contributed by atoms with E-state index in [0.717, 1.165) is 6.54 Å². The van der Waals surface area contributed by atoms with Gasteiger partial charge >= 0.3 is 0 Å². The maximum absolute atomic E-state index is 3.06. The average Bonchev–Trinajstić information content (AvgIpc) is 1.94. The van der Waals surface area contributed by atoms with Crippen LogP contribution in [-0.4, -0.2) is 6.54 Å². The molecular weight excluding hydrogens is 110 g/mol. The van der Waals surface area contributed by atoms with E-state index in [1.54, 1.807) is 0 Å². The molecule has 0 atom stereocenters. The van der Waals surface area contributed by atoms with Gasteiger partial charge in [-0.05, 0) is 19.2 Å². The van der Waals surface area contributed by atoms with Gasteiger partial charge in [0.05, 0.1) is 0 Å². The largest absolute Gasteiger partial charge is 0.387 e. The number of dihydropyridines is 1. The van der Waals surface area contributed by atoms with E-state index in [1.807, 2.05) is 20.0 Å². The normalized spacial score (nSPS) is 14.8. The van der Waals surface area contributed by atoms with E-state index >= 15 is 0 Å². The molecule has 1 heteroatoms. The van der Waals surface area contributed by atoms with Gasteiger partial charge in [-0.3, -0.25) is 0 Å². The Morgan fingerprint density at radius 2 is 2.11 bits per heavy atom. The molecular formula is C8H15N. The molecule has 1 nitrogen and oxygen atoms in total. The van der Waals surface area contributed by atoms with Crippen LogP contribution in [0.4, 0.5) is 0 Å². The lowest BCUT2D eigenvalue weighted by molar-refractivity contribution is 0.958. The summed E-state index contributed by atoms with van der Waals surface area (Å²) >= 11 is 0. The highest BCUT2D eigenvalue weighted by Crippen LogP contribution is 1.95. The van der Waals surface area contributed by atoms with Crippen molar-refractivity contribution in [2.24, 2.45) is 0 Å². The summed E-state index contributed by atoms with van der Waals surface area (Å²) in [4.78, 5) is 0. The van der Waals surface area contributed by atoms with Crippen molar-refractivity contribution in [2.45, 2.75) is 20.8 Å². The standard InChI is InChI=1S/C6H9N.C2H6/c1-6-2-4-7-5-3-6;1-2/h2-4,7H,5H2,1H3;1-2H3. The van der Waals surface area contributed by atoms with E-state index in [1.165, 1.54) is 5.57 Å². The summed E-state index contributed by atoms with van der Waals surface area (Å²) in [6, 6.07) is 0. The number of allylic oxidation sites excluding steroid dienone is 2. The van der Waals surface area contributed by atoms with Gasteiger partial charge in [0.1, 0.15) is 0 Å². The van der Waals surface area contributed by atoms with E-state index in [0.29, 0.717) is 0 Å². The minimum Gasteiger partial charge on any atom is -0.387 e. The van der Waals surface area contributed by atoms with Crippen LogP contribution in [0.2, 0.25) is 0 Å². The van der Waals surface area contributed by atoms with Gasteiger partial charge in [0.15, 0.2) is 0 Å². The molecule has 0 saturated carbocycles. The molecule has 0 aromatic heterocycles. The van der Waals surface area contributed by atoms with E-state index in [-0.39, 0.29) is 0 Å². The fourth-order valence-corrected chi connectivity index (χ4v) is 0.546. The van der Waals surface area contributed by atoms with E-state index < -0.39 is 0 Å². The molecule has 0 amide bonds. The molecule has 0 fully saturated rings. The first-order valence-electron chi connectivity index (χ1n) is 3.46. The van der Waals surface area contributed by atoms with Crippen LogP contribution in [0.25, 0.3) is 0 Å². The summed E-state index contributed by atoms with van der Waals surface area (Å²) in [7, 11) is 0. The number of hydrogen-bond acceptors (Lipinski definition) is 1. The Morgan fingerprint density at radius 1 is 1.44 bits per heavy atom. The van der Waals surface area contributed by atoms with Crippen LogP contribution in [0.3, 0.4) is 0 Å². The fourth-order valence-electron chi connectivity index (χ4n) is 0.546. The van der Waals surface area contributed by atoms with Gasteiger partial charge in [-0.15, -0.1) is 0 Å². The summed E-state index contributed by atoms with van der Waals surface area (Å²) in [5.74, 6) is 0. The van der Waals surface area contributed by atoms with Gasteiger partial charge in [-0.1, -0.05) is 25.5 Å². The van der Waals surface area contributed by atoms with E-state index in [2.05, 4.69) is 24.4 Å². The Kier molecular flexibility index (Phi) is 4.98. The molecule has 0 saturated heterocycles. The zero-order valence-electron chi connectivity index (χ0n) is 6.44. The summed E-state index contributed by atoms with van der Waals surface area (Å²) in [5.41, 5.74) is 1.35. The zero-order valence-corrected chi connectivity index (χ0v) is 6.44. The second kappa shape index (κ2) is 5.42. The number of nitrogens with one attached hydrogen (secondary N) is 1. The van der Waals surface area contributed by atoms with Crippen LogP contribution < -0.4 is 5.32 Å². The summed E-state index contributed by atoms with van der Waals surface area (Å²) < 4.78 is 0. The average molecular weight is 125 g/mol. The molecule has 1 aliphatic heterocycles. The maximum Gasteiger partial charge on any atom is 0.0330 e. The minimum absolute atomic E-state index is 0.988. The lowest BCUT2D eigenvalue weighted by atomic mass is 10.2. The van der Waals surface area contributed by atoms with Crippen molar-refractivity contribution in [3.05, 3.63) is 23.9 Å². The first kappa shape index (κ1) is 8.28. The molecule has 0 unspecified atom stereocenters. The van der Waals surface area contributed by atoms with Gasteiger partial charge in [0, 0.05) is 6.54 Å². The third-order valence-corrected chi connectivity index (χ3v) is 1.01. The molecule has 0 bridgehead atoms. The van der Waals surface area contributed by atoms with Crippen molar-refractivity contribution in [1.82, 2.24) is 5.32 Å². The highest BCUT2D eigenvalue weighted by Gasteiger charge is 1.84. The molecule has 1 N–H and O–H groups in total. The molecule has 0 radical (unpaired) electrons. The monoisotopic (exact) mass is 125 g/mol. The summed E-state index contributed by atoms with van der Waals surface area (Å²) in [6.45, 7) is 7.08. The van der Waals surface area contributed by atoms with Gasteiger partial charge in [-0.25, -0.2) is 0 Å². The Labute approximate surface area is 57.5 Å². The van der Waals surface area contributed by atoms with Gasteiger partial charge in [0.25, 0.3) is 0 Å². The Bertz CT molecular complexity index is 112. The molecule has 1 heterocycles. The summed E-state index contributed by atoms with van der Waals surface area (Å²) in [6.07, 6.45) is 6.18. The molecule has 1 rings (SSSR count). The first-order valence-corrected chi connectivity index (χ1v) is 3.46. The lowest BCUT2D eigenvalue weighted by Crippen LogP contribution is -2.07. The third-order valence-electron chi connectivity index (χ3n) is 1.01. The second-order valence-corrected chi connectivity index (χ2v) is 1.69. The first-order chi connectivity index (χ1) is 4.39. The zero-order chi connectivity index (χ0) is 7.11. The summed E-state index contributed by atoms with van der Waals surface area (Å²) in [5, 5.41) is 3.06. The highest BCUT2D eigenvalue weighted by atomic mass is 14.8. The number of rotatable bonds is 0. The molecule has 1 aliphatic rings. The predicted molar refractivity (Wildman–Crippen MR) is 42.2 cm³/mol. The van der Waals surface area contributed by atoms with Crippen LogP contribution in [0.15, 0.2) is 23.9 Å². The Balaban J connectivity index is 0.000000291. The van der Waals surface area contributed by atoms with Crippen LogP contribution in [0.5, 0.6) is 0 Å². The van der Waals surface area contributed by atoms with Crippen molar-refractivity contribution in [1.29, 1.82) is 0 Å². The highest BCUT2D eigenvalue weighted by molar-refractivity contribution is 5.19. The molecule has 9 heavy (non-hydrogen) atoms. The Morgan fingerprint density at radius 3 is 2.33 bits per heavy atom. The fraction of sp³-hybridized carbons (Fsp3) is 0.500. The van der Waals surface area contributed by atoms with Crippen molar-refractivity contribution in [3.8, 4) is 0 Å². The van der Waals surface area contributed by atoms with E-state index in [4.69, 9.17) is 0 Å². The van der Waals surface area contributed by atoms with Crippen molar-refractivity contribution >= 4 is 0 Å². The van der Waals surface area contributed by atoms with Gasteiger partial charge in [0.2, 0.25) is 0 Å². The molecule has 0 spiro atoms. The Hall–Kier alpha value is -0.720. The minimum atomic E-state index is 0.988. The van der Waals surface area contributed by atoms with Crippen LogP contribution in [-0.2, 0) is 0 Å². The predicted octanol–water partition coefficient (Wildman–Crippen LogP) is 2.08.